The van der Waals surface area contributed by atoms with Crippen LogP contribution in [-0.4, -0.2) is 98.2 Å². The molecule has 382 valence electrons. The second-order valence-electron chi connectivity index (χ2n) is 13.7. The van der Waals surface area contributed by atoms with E-state index in [2.05, 4.69) is 50.0 Å². The number of nitrogens with one attached hydrogen (secondary N) is 4. The number of nitrogen functional groups attached to an aromatic ring is 1. The van der Waals surface area contributed by atoms with Crippen LogP contribution < -0.4 is 101 Å². The van der Waals surface area contributed by atoms with E-state index in [4.69, 9.17) is 44.5 Å². The number of nitrogens with two attached hydrogens (primary N) is 1. The molecule has 0 saturated carbocycles. The van der Waals surface area contributed by atoms with Crippen LogP contribution in [0.5, 0.6) is 23.0 Å². The summed E-state index contributed by atoms with van der Waals surface area (Å²) in [6.07, 6.45) is 3.04. The molecule has 4 heterocycles. The van der Waals surface area contributed by atoms with E-state index in [-0.39, 0.29) is 115 Å². The Morgan fingerprint density at radius 2 is 0.973 bits per heavy atom. The minimum Gasteiger partial charge on any atom is -0.554 e. The number of rotatable bonds is 15. The maximum Gasteiger partial charge on any atom is 1.00 e. The third-order valence-electron chi connectivity index (χ3n) is 9.08. The van der Waals surface area contributed by atoms with E-state index in [0.717, 1.165) is 6.07 Å². The number of nitrogens with zero attached hydrogens (tertiary/aromatic N) is 7. The van der Waals surface area contributed by atoms with Gasteiger partial charge >= 0.3 is 51.4 Å². The summed E-state index contributed by atoms with van der Waals surface area (Å²) in [5.41, 5.74) is 8.13. The van der Waals surface area contributed by atoms with E-state index >= 15 is 0 Å². The number of pyridine rings is 2. The van der Waals surface area contributed by atoms with E-state index in [9.17, 15) is 26.9 Å². The Balaban J connectivity index is 0.000000345. The molecule has 74 heavy (non-hydrogen) atoms. The molecule has 0 aliphatic rings. The average Bonchev–Trinajstić information content (AvgIpc) is 3.37. The fraction of sp³-hybridized carbons (Fsp3) is 0.111. The predicted octanol–water partition coefficient (Wildman–Crippen LogP) is 2.37. The van der Waals surface area contributed by atoms with Gasteiger partial charge in [0.15, 0.2) is 34.6 Å². The van der Waals surface area contributed by atoms with Crippen molar-refractivity contribution in [3.05, 3.63) is 132 Å². The maximum atomic E-state index is 13.0. The van der Waals surface area contributed by atoms with E-state index < -0.39 is 31.4 Å². The van der Waals surface area contributed by atoms with Gasteiger partial charge in [0.1, 0.15) is 34.0 Å². The summed E-state index contributed by atoms with van der Waals surface area (Å²) < 4.78 is 78.0. The second kappa shape index (κ2) is 28.2. The summed E-state index contributed by atoms with van der Waals surface area (Å²) in [6, 6.07) is 27.5. The molecule has 0 bridgehead atoms. The summed E-state index contributed by atoms with van der Waals surface area (Å²) >= 11 is 0. The SMILES string of the molecule is C.COc1cc(Nc2nc3cccnc3nc2NS(=O)(=O)c2cccc(N)c2)cc(OC)c1.COc1cc(Nc2nc3cccnc3nc2NS(=O)(=O)c2cccc([N+](=O)[O-])c2)cc(OC)c1.O=CO.O=C[O-].[K+]. The van der Waals surface area contributed by atoms with Crippen LogP contribution in [0, 0.1) is 10.1 Å². The molecule has 26 nitrogen and oxygen atoms in total. The third kappa shape index (κ3) is 16.5. The van der Waals surface area contributed by atoms with Crippen LogP contribution in [0.4, 0.5) is 46.0 Å². The molecule has 0 aliphatic heterocycles. The number of aromatic nitrogens is 6. The molecular formula is C45H45KN12O14S2. The van der Waals surface area contributed by atoms with Gasteiger partial charge in [0.25, 0.3) is 32.2 Å². The minimum atomic E-state index is -4.25. The van der Waals surface area contributed by atoms with E-state index in [1.165, 1.54) is 65.0 Å². The first-order valence-electron chi connectivity index (χ1n) is 20.0. The van der Waals surface area contributed by atoms with Gasteiger partial charge in [-0.15, -0.1) is 0 Å². The molecular weight excluding hydrogens is 1040 g/mol. The van der Waals surface area contributed by atoms with Crippen LogP contribution in [0.3, 0.4) is 0 Å². The molecule has 8 rings (SSSR count). The van der Waals surface area contributed by atoms with Crippen LogP contribution in [0.2, 0.25) is 0 Å². The quantitative estimate of drug-likeness (QED) is 0.0282. The van der Waals surface area contributed by atoms with Crippen molar-refractivity contribution in [2.75, 3.05) is 54.3 Å². The van der Waals surface area contributed by atoms with Gasteiger partial charge in [-0.3, -0.25) is 24.4 Å². The molecule has 0 amide bonds. The van der Waals surface area contributed by atoms with Gasteiger partial charge in [-0.1, -0.05) is 19.6 Å². The monoisotopic (exact) mass is 1080 g/mol. The number of carbonyl (C=O) groups excluding carboxylic acids is 1. The number of nitro groups is 1. The summed E-state index contributed by atoms with van der Waals surface area (Å²) in [7, 11) is -2.18. The van der Waals surface area contributed by atoms with Crippen molar-refractivity contribution in [2.24, 2.45) is 0 Å². The Kier molecular flexibility index (Phi) is 23.0. The van der Waals surface area contributed by atoms with Crippen LogP contribution in [0.25, 0.3) is 22.3 Å². The van der Waals surface area contributed by atoms with Crippen molar-refractivity contribution < 1.29 is 112 Å². The fourth-order valence-corrected chi connectivity index (χ4v) is 8.07. The van der Waals surface area contributed by atoms with E-state index in [1.54, 1.807) is 79.0 Å². The zero-order chi connectivity index (χ0) is 52.4. The molecule has 0 atom stereocenters. The molecule has 0 unspecified atom stereocenters. The van der Waals surface area contributed by atoms with Crippen molar-refractivity contribution in [2.45, 2.75) is 17.2 Å². The Bertz CT molecular complexity index is 3410. The van der Waals surface area contributed by atoms with Gasteiger partial charge in [0.05, 0.1) is 43.2 Å². The number of carboxylic acid groups (broad SMARTS) is 2. The van der Waals surface area contributed by atoms with Crippen molar-refractivity contribution in [1.82, 2.24) is 29.9 Å². The number of carbonyl (C=O) groups is 2. The van der Waals surface area contributed by atoms with Crippen molar-refractivity contribution >= 4 is 101 Å². The summed E-state index contributed by atoms with van der Waals surface area (Å²) in [5.74, 6) is 2.15. The number of sulfonamides is 2. The van der Waals surface area contributed by atoms with Gasteiger partial charge in [0.2, 0.25) is 0 Å². The average molecular weight is 1080 g/mol. The van der Waals surface area contributed by atoms with Gasteiger partial charge in [-0.25, -0.2) is 46.7 Å². The van der Waals surface area contributed by atoms with Crippen LogP contribution in [0.15, 0.2) is 131 Å². The first-order chi connectivity index (χ1) is 34.5. The van der Waals surface area contributed by atoms with Crippen molar-refractivity contribution in [3.8, 4) is 23.0 Å². The van der Waals surface area contributed by atoms with E-state index in [1.807, 2.05) is 0 Å². The zero-order valence-electron chi connectivity index (χ0n) is 39.0. The number of ether oxygens (including phenoxy) is 4. The van der Waals surface area contributed by atoms with Gasteiger partial charge in [-0.05, 0) is 48.5 Å². The summed E-state index contributed by atoms with van der Waals surface area (Å²) in [4.78, 5) is 52.6. The first kappa shape index (κ1) is 60.2. The minimum absolute atomic E-state index is 0. The molecule has 0 radical (unpaired) electrons. The molecule has 0 saturated heterocycles. The fourth-order valence-electron chi connectivity index (χ4n) is 5.96. The molecule has 0 aliphatic carbocycles. The topological polar surface area (TPSA) is 377 Å². The summed E-state index contributed by atoms with van der Waals surface area (Å²) in [6.45, 7) is -0.750. The Labute approximate surface area is 465 Å². The number of hydrogen-bond acceptors (Lipinski definition) is 22. The van der Waals surface area contributed by atoms with Crippen molar-refractivity contribution in [1.29, 1.82) is 0 Å². The first-order valence-corrected chi connectivity index (χ1v) is 23.0. The van der Waals surface area contributed by atoms with Crippen LogP contribution in [-0.2, 0) is 29.6 Å². The van der Waals surface area contributed by atoms with Gasteiger partial charge in [0, 0.05) is 84.5 Å². The number of fused-ring (bicyclic) bond motifs is 2. The number of methoxy groups -OCH3 is 4. The smallest absolute Gasteiger partial charge is 0.554 e. The standard InChI is InChI=1S/C21H18N6O6S.C21H20N6O4S.2CH2O2.CH4.K/c1-32-15-9-13(10-16(12-15)33-2)23-20-21(25-19-18(24-20)7-4-8-22-19)26-34(30,31)17-6-3-5-14(11-17)27(28)29;1-30-15-10-14(11-16(12-15)31-2)24-20-21(26-19-18(25-20)7-4-8-23-19)27-32(28,29)17-6-3-5-13(22)9-17;2*2-1-3;;/h3-12H,1-2H3,(H,23,24)(H,22,25,26);3-12H,22H2,1-2H3,(H,24,25)(H,23,26,27);2*1H,(H,2,3);1H4;/q;;;;;+1/p-1. The molecule has 0 spiro atoms. The number of benzene rings is 4. The van der Waals surface area contributed by atoms with E-state index in [0.29, 0.717) is 51.1 Å². The molecule has 4 aromatic carbocycles. The number of anilines is 7. The molecule has 0 fully saturated rings. The number of non-ortho nitro benzene ring substituents is 1. The van der Waals surface area contributed by atoms with Gasteiger partial charge < -0.3 is 50.3 Å². The summed E-state index contributed by atoms with van der Waals surface area (Å²) in [5, 5.41) is 32.3. The molecule has 4 aromatic heterocycles. The zero-order valence-corrected chi connectivity index (χ0v) is 43.7. The number of nitro benzene ring substituents is 1. The van der Waals surface area contributed by atoms with Crippen molar-refractivity contribution in [3.63, 3.8) is 0 Å². The normalized spacial score (nSPS) is 10.3. The maximum absolute atomic E-state index is 13.0. The number of hydrogen-bond donors (Lipinski definition) is 6. The van der Waals surface area contributed by atoms with Crippen LogP contribution in [0.1, 0.15) is 7.43 Å². The van der Waals surface area contributed by atoms with Crippen LogP contribution >= 0.6 is 0 Å². The largest absolute Gasteiger partial charge is 1.00 e. The van der Waals surface area contributed by atoms with Gasteiger partial charge in [-0.2, -0.15) is 0 Å². The predicted molar refractivity (Wildman–Crippen MR) is 267 cm³/mol. The third-order valence-corrected chi connectivity index (χ3v) is 11.8. The second-order valence-corrected chi connectivity index (χ2v) is 17.1. The molecule has 29 heteroatoms. The molecule has 8 aromatic rings. The Morgan fingerprint density at radius 3 is 1.34 bits per heavy atom. The Hall–Kier alpha value is -8.06. The Morgan fingerprint density at radius 1 is 0.595 bits per heavy atom. The molecule has 7 N–H and O–H groups in total.